The highest BCUT2D eigenvalue weighted by molar-refractivity contribution is 5.89. The Hall–Kier alpha value is -2.78. The molecule has 2 N–H and O–H groups in total. The Morgan fingerprint density at radius 2 is 2.08 bits per heavy atom. The van der Waals surface area contributed by atoms with Gasteiger partial charge in [-0.3, -0.25) is 14.3 Å². The van der Waals surface area contributed by atoms with E-state index < -0.39 is 41.5 Å². The van der Waals surface area contributed by atoms with Gasteiger partial charge in [0.15, 0.2) is 0 Å². The van der Waals surface area contributed by atoms with Crippen molar-refractivity contribution in [2.24, 2.45) is 0 Å². The molecule has 2 aromatic rings. The number of halogens is 1. The Kier molecular flexibility index (Phi) is 4.77. The smallest absolute Gasteiger partial charge is 0.338 e. The van der Waals surface area contributed by atoms with Gasteiger partial charge in [0.1, 0.15) is 18.9 Å². The quantitative estimate of drug-likeness (QED) is 0.761. The molecule has 25 heavy (non-hydrogen) atoms. The van der Waals surface area contributed by atoms with Crippen molar-refractivity contribution >= 4 is 5.97 Å². The minimum Gasteiger partial charge on any atom is -0.459 e. The van der Waals surface area contributed by atoms with Crippen LogP contribution in [-0.2, 0) is 9.47 Å². The Morgan fingerprint density at radius 3 is 2.80 bits per heavy atom. The van der Waals surface area contributed by atoms with E-state index in [1.165, 1.54) is 0 Å². The molecule has 0 unspecified atom stereocenters. The number of aromatic amines is 1. The number of hydrogen-bond acceptors (Lipinski definition) is 6. The molecule has 2 heterocycles. The normalized spacial score (nSPS) is 22.7. The Morgan fingerprint density at radius 1 is 1.36 bits per heavy atom. The van der Waals surface area contributed by atoms with Crippen molar-refractivity contribution in [1.82, 2.24) is 9.55 Å². The molecule has 1 fully saturated rings. The number of aliphatic hydroxyl groups excluding tert-OH is 1. The molecular formula is C16H15FN2O6. The predicted octanol–water partition coefficient (Wildman–Crippen LogP) is 0.181. The van der Waals surface area contributed by atoms with Crippen molar-refractivity contribution in [2.45, 2.75) is 24.9 Å². The molecular weight excluding hydrogens is 335 g/mol. The molecule has 1 saturated heterocycles. The number of hydrogen-bond donors (Lipinski definition) is 2. The molecule has 8 nitrogen and oxygen atoms in total. The summed E-state index contributed by atoms with van der Waals surface area (Å²) in [5, 5.41) is 10.0. The second kappa shape index (κ2) is 6.99. The first-order valence-corrected chi connectivity index (χ1v) is 7.52. The number of aromatic nitrogens is 2. The van der Waals surface area contributed by atoms with Crippen LogP contribution in [0.15, 0.2) is 46.1 Å². The van der Waals surface area contributed by atoms with Gasteiger partial charge in [-0.1, -0.05) is 18.2 Å². The zero-order valence-corrected chi connectivity index (χ0v) is 12.9. The Labute approximate surface area is 140 Å². The number of carbonyl (C=O) groups excluding carboxylic acids is 1. The summed E-state index contributed by atoms with van der Waals surface area (Å²) in [4.78, 5) is 36.5. The SMILES string of the molecule is O=C(OC[C@@H]1O[C@H](n2cc(F)c(=O)[nH]c2=O)C[C@@H]1O)c1ccccc1. The van der Waals surface area contributed by atoms with Crippen molar-refractivity contribution in [2.75, 3.05) is 6.61 Å². The van der Waals surface area contributed by atoms with Gasteiger partial charge in [-0.2, -0.15) is 4.39 Å². The number of esters is 1. The number of aliphatic hydroxyl groups is 1. The van der Waals surface area contributed by atoms with Crippen molar-refractivity contribution in [3.05, 3.63) is 68.7 Å². The minimum absolute atomic E-state index is 0.0149. The summed E-state index contributed by atoms with van der Waals surface area (Å²) in [6, 6.07) is 8.29. The maximum Gasteiger partial charge on any atom is 0.338 e. The number of nitrogens with one attached hydrogen (secondary N) is 1. The summed E-state index contributed by atoms with van der Waals surface area (Å²) >= 11 is 0. The van der Waals surface area contributed by atoms with E-state index in [9.17, 15) is 23.9 Å². The molecule has 1 aromatic carbocycles. The maximum atomic E-state index is 13.4. The third-order valence-corrected chi connectivity index (χ3v) is 3.83. The van der Waals surface area contributed by atoms with Gasteiger partial charge in [0.2, 0.25) is 5.82 Å². The van der Waals surface area contributed by atoms with Crippen LogP contribution in [0.1, 0.15) is 23.0 Å². The number of carbonyl (C=O) groups is 1. The fourth-order valence-corrected chi connectivity index (χ4v) is 2.53. The molecule has 3 atom stereocenters. The first-order valence-electron chi connectivity index (χ1n) is 7.52. The van der Waals surface area contributed by atoms with E-state index in [4.69, 9.17) is 9.47 Å². The number of nitrogens with zero attached hydrogens (tertiary/aromatic N) is 1. The van der Waals surface area contributed by atoms with Gasteiger partial charge >= 0.3 is 11.7 Å². The molecule has 0 saturated carbocycles. The van der Waals surface area contributed by atoms with Crippen LogP contribution in [0, 0.1) is 5.82 Å². The summed E-state index contributed by atoms with van der Waals surface area (Å²) in [6.45, 7) is -0.230. The lowest BCUT2D eigenvalue weighted by molar-refractivity contribution is -0.0534. The first kappa shape index (κ1) is 17.1. The minimum atomic E-state index is -1.14. The van der Waals surface area contributed by atoms with E-state index in [1.807, 2.05) is 4.98 Å². The third kappa shape index (κ3) is 3.67. The standard InChI is InChI=1S/C16H15FN2O6/c17-10-7-19(16(23)18-14(10)21)13-6-11(20)12(25-13)8-24-15(22)9-4-2-1-3-5-9/h1-5,7,11-13,20H,6,8H2,(H,18,21,23)/t11-,12-,13-/m0/s1. The molecule has 1 aromatic heterocycles. The van der Waals surface area contributed by atoms with Crippen molar-refractivity contribution in [3.63, 3.8) is 0 Å². The lowest BCUT2D eigenvalue weighted by atomic mass is 10.2. The number of H-pyrrole nitrogens is 1. The topological polar surface area (TPSA) is 111 Å². The van der Waals surface area contributed by atoms with Crippen LogP contribution < -0.4 is 11.2 Å². The van der Waals surface area contributed by atoms with Crippen LogP contribution in [-0.4, -0.2) is 39.4 Å². The summed E-state index contributed by atoms with van der Waals surface area (Å²) < 4.78 is 24.8. The molecule has 132 valence electrons. The fraction of sp³-hybridized carbons (Fsp3) is 0.312. The second-order valence-electron chi connectivity index (χ2n) is 5.54. The average Bonchev–Trinajstić information content (AvgIpc) is 2.97. The summed E-state index contributed by atoms with van der Waals surface area (Å²) in [6.07, 6.45) is -2.17. The van der Waals surface area contributed by atoms with E-state index in [0.29, 0.717) is 5.56 Å². The zero-order valence-electron chi connectivity index (χ0n) is 12.9. The van der Waals surface area contributed by atoms with Crippen LogP contribution in [0.4, 0.5) is 4.39 Å². The van der Waals surface area contributed by atoms with Crippen LogP contribution in [0.5, 0.6) is 0 Å². The zero-order chi connectivity index (χ0) is 18.0. The Balaban J connectivity index is 1.66. The van der Waals surface area contributed by atoms with Gasteiger partial charge in [0.25, 0.3) is 5.56 Å². The van der Waals surface area contributed by atoms with Crippen molar-refractivity contribution < 1.29 is 23.8 Å². The van der Waals surface area contributed by atoms with Gasteiger partial charge in [0, 0.05) is 6.42 Å². The number of benzene rings is 1. The van der Waals surface area contributed by atoms with Gasteiger partial charge < -0.3 is 14.6 Å². The molecule has 1 aliphatic heterocycles. The lowest BCUT2D eigenvalue weighted by Crippen LogP contribution is -2.34. The van der Waals surface area contributed by atoms with Gasteiger partial charge in [-0.15, -0.1) is 0 Å². The average molecular weight is 350 g/mol. The summed E-state index contributed by atoms with van der Waals surface area (Å²) in [5.41, 5.74) is -1.64. The third-order valence-electron chi connectivity index (χ3n) is 3.83. The van der Waals surface area contributed by atoms with Gasteiger partial charge in [-0.25, -0.2) is 9.59 Å². The largest absolute Gasteiger partial charge is 0.459 e. The summed E-state index contributed by atoms with van der Waals surface area (Å²) in [5.74, 6) is -1.72. The molecule has 0 aliphatic carbocycles. The number of ether oxygens (including phenoxy) is 2. The maximum absolute atomic E-state index is 13.4. The van der Waals surface area contributed by atoms with Crippen molar-refractivity contribution in [1.29, 1.82) is 0 Å². The van der Waals surface area contributed by atoms with Crippen molar-refractivity contribution in [3.8, 4) is 0 Å². The van der Waals surface area contributed by atoms with Gasteiger partial charge in [-0.05, 0) is 12.1 Å². The molecule has 0 amide bonds. The summed E-state index contributed by atoms with van der Waals surface area (Å²) in [7, 11) is 0. The van der Waals surface area contributed by atoms with E-state index >= 15 is 0 Å². The van der Waals surface area contributed by atoms with E-state index in [1.54, 1.807) is 30.3 Å². The lowest BCUT2D eigenvalue weighted by Gasteiger charge is -2.16. The van der Waals surface area contributed by atoms with Crippen LogP contribution in [0.25, 0.3) is 0 Å². The first-order chi connectivity index (χ1) is 12.0. The molecule has 0 spiro atoms. The molecule has 0 bridgehead atoms. The molecule has 3 rings (SSSR count). The van der Waals surface area contributed by atoms with E-state index in [2.05, 4.69) is 0 Å². The molecule has 1 aliphatic rings. The Bertz CT molecular complexity index is 878. The van der Waals surface area contributed by atoms with Gasteiger partial charge in [0.05, 0.1) is 17.9 Å². The highest BCUT2D eigenvalue weighted by Crippen LogP contribution is 2.27. The predicted molar refractivity (Wildman–Crippen MR) is 82.5 cm³/mol. The van der Waals surface area contributed by atoms with Crippen LogP contribution >= 0.6 is 0 Å². The van der Waals surface area contributed by atoms with Crippen LogP contribution in [0.2, 0.25) is 0 Å². The van der Waals surface area contributed by atoms with Crippen LogP contribution in [0.3, 0.4) is 0 Å². The molecule has 9 heteroatoms. The van der Waals surface area contributed by atoms with E-state index in [-0.39, 0.29) is 13.0 Å². The number of rotatable bonds is 4. The molecule has 0 radical (unpaired) electrons. The second-order valence-corrected chi connectivity index (χ2v) is 5.54. The highest BCUT2D eigenvalue weighted by atomic mass is 19.1. The monoisotopic (exact) mass is 350 g/mol. The van der Waals surface area contributed by atoms with E-state index in [0.717, 1.165) is 10.8 Å². The highest BCUT2D eigenvalue weighted by Gasteiger charge is 2.36. The fourth-order valence-electron chi connectivity index (χ4n) is 2.53.